The van der Waals surface area contributed by atoms with E-state index in [1.165, 1.54) is 30.3 Å². The van der Waals surface area contributed by atoms with Gasteiger partial charge in [0.1, 0.15) is 5.82 Å². The van der Waals surface area contributed by atoms with Crippen molar-refractivity contribution in [2.45, 2.75) is 40.7 Å². The van der Waals surface area contributed by atoms with Crippen molar-refractivity contribution in [1.29, 1.82) is 0 Å². The van der Waals surface area contributed by atoms with Crippen molar-refractivity contribution in [2.24, 2.45) is 0 Å². The van der Waals surface area contributed by atoms with Crippen LogP contribution in [0.15, 0.2) is 52.3 Å². The van der Waals surface area contributed by atoms with Gasteiger partial charge in [0.25, 0.3) is 10.0 Å². The van der Waals surface area contributed by atoms with Crippen LogP contribution in [0.25, 0.3) is 0 Å². The lowest BCUT2D eigenvalue weighted by Crippen LogP contribution is -2.45. The van der Waals surface area contributed by atoms with Gasteiger partial charge in [-0.2, -0.15) is 0 Å². The van der Waals surface area contributed by atoms with Gasteiger partial charge in [0, 0.05) is 18.0 Å². The van der Waals surface area contributed by atoms with Gasteiger partial charge in [-0.05, 0) is 43.2 Å². The molecule has 0 aliphatic carbocycles. The summed E-state index contributed by atoms with van der Waals surface area (Å²) in [5.74, 6) is -1.38. The largest absolute Gasteiger partial charge is 0.341 e. The minimum atomic E-state index is -4.06. The van der Waals surface area contributed by atoms with Crippen molar-refractivity contribution in [1.82, 2.24) is 4.90 Å². The van der Waals surface area contributed by atoms with E-state index in [2.05, 4.69) is 10.0 Å². The van der Waals surface area contributed by atoms with Crippen LogP contribution in [-0.2, 0) is 19.6 Å². The summed E-state index contributed by atoms with van der Waals surface area (Å²) in [5.41, 5.74) is 0.146. The van der Waals surface area contributed by atoms with E-state index in [1.807, 2.05) is 0 Å². The summed E-state index contributed by atoms with van der Waals surface area (Å²) >= 11 is 1.12. The van der Waals surface area contributed by atoms with Gasteiger partial charge in [-0.15, -0.1) is 11.8 Å². The monoisotopic (exact) mass is 463 g/mol. The van der Waals surface area contributed by atoms with E-state index in [0.717, 1.165) is 43.5 Å². The van der Waals surface area contributed by atoms with Crippen molar-refractivity contribution in [3.8, 4) is 0 Å². The van der Waals surface area contributed by atoms with Crippen molar-refractivity contribution in [2.75, 3.05) is 23.1 Å². The normalized spacial score (nSPS) is 19.2. The SMILES string of the molecule is O=C1Nc2cc(S(=O)(=O)Nc3ccccc3F)ccc2S[C@@H]1C(=O)N1CCCCCC1. The van der Waals surface area contributed by atoms with E-state index in [4.69, 9.17) is 0 Å². The number of para-hydroxylation sites is 1. The highest BCUT2D eigenvalue weighted by atomic mass is 32.2. The van der Waals surface area contributed by atoms with E-state index in [1.54, 1.807) is 11.0 Å². The Kier molecular flexibility index (Phi) is 6.19. The molecule has 2 aliphatic heterocycles. The van der Waals surface area contributed by atoms with Gasteiger partial charge in [-0.3, -0.25) is 14.3 Å². The number of thioether (sulfide) groups is 1. The number of fused-ring (bicyclic) bond motifs is 1. The third kappa shape index (κ3) is 4.69. The summed E-state index contributed by atoms with van der Waals surface area (Å²) < 4.78 is 41.4. The van der Waals surface area contributed by atoms with Crippen LogP contribution >= 0.6 is 11.8 Å². The van der Waals surface area contributed by atoms with E-state index >= 15 is 0 Å². The summed E-state index contributed by atoms with van der Waals surface area (Å²) in [6.45, 7) is 1.30. The number of anilines is 2. The van der Waals surface area contributed by atoms with Crippen LogP contribution in [-0.4, -0.2) is 43.5 Å². The highest BCUT2D eigenvalue weighted by Gasteiger charge is 2.36. The second kappa shape index (κ2) is 8.88. The molecule has 1 fully saturated rings. The Labute approximate surface area is 184 Å². The van der Waals surface area contributed by atoms with Gasteiger partial charge in [-0.1, -0.05) is 25.0 Å². The molecule has 0 bridgehead atoms. The Bertz CT molecular complexity index is 1120. The first-order valence-corrected chi connectivity index (χ1v) is 12.4. The summed E-state index contributed by atoms with van der Waals surface area (Å²) in [7, 11) is -4.06. The van der Waals surface area contributed by atoms with E-state index in [-0.39, 0.29) is 16.5 Å². The molecule has 2 heterocycles. The number of amides is 2. The van der Waals surface area contributed by atoms with E-state index < -0.39 is 27.0 Å². The molecule has 2 N–H and O–H groups in total. The zero-order chi connectivity index (χ0) is 22.0. The van der Waals surface area contributed by atoms with Crippen molar-refractivity contribution < 1.29 is 22.4 Å². The minimum Gasteiger partial charge on any atom is -0.341 e. The van der Waals surface area contributed by atoms with Crippen LogP contribution in [0.1, 0.15) is 25.7 Å². The number of nitrogens with zero attached hydrogens (tertiary/aromatic N) is 1. The number of hydrogen-bond donors (Lipinski definition) is 2. The summed E-state index contributed by atoms with van der Waals surface area (Å²) in [6.07, 6.45) is 4.01. The fourth-order valence-corrected chi connectivity index (χ4v) is 5.77. The Morgan fingerprint density at radius 1 is 1.10 bits per heavy atom. The Morgan fingerprint density at radius 3 is 2.52 bits per heavy atom. The van der Waals surface area contributed by atoms with Gasteiger partial charge in [0.05, 0.1) is 16.3 Å². The number of hydrogen-bond acceptors (Lipinski definition) is 5. The predicted molar refractivity (Wildman–Crippen MR) is 117 cm³/mol. The molecule has 2 amide bonds. The Balaban J connectivity index is 1.54. The molecular formula is C21H22FN3O4S2. The maximum Gasteiger partial charge on any atom is 0.262 e. The average Bonchev–Trinajstić information content (AvgIpc) is 3.03. The Morgan fingerprint density at radius 2 is 1.81 bits per heavy atom. The van der Waals surface area contributed by atoms with Gasteiger partial charge in [-0.25, -0.2) is 12.8 Å². The zero-order valence-corrected chi connectivity index (χ0v) is 18.3. The lowest BCUT2D eigenvalue weighted by molar-refractivity contribution is -0.133. The molecule has 10 heteroatoms. The molecule has 0 radical (unpaired) electrons. The molecule has 2 aliphatic rings. The number of carbonyl (C=O) groups excluding carboxylic acids is 2. The molecule has 1 atom stereocenters. The topological polar surface area (TPSA) is 95.6 Å². The summed E-state index contributed by atoms with van der Waals surface area (Å²) in [5, 5.41) is 1.76. The fourth-order valence-electron chi connectivity index (χ4n) is 3.62. The molecule has 0 aromatic heterocycles. The molecule has 0 spiro atoms. The molecule has 0 unspecified atom stereocenters. The van der Waals surface area contributed by atoms with Crippen LogP contribution in [0, 0.1) is 5.82 Å². The number of rotatable bonds is 4. The number of carbonyl (C=O) groups is 2. The van der Waals surface area contributed by atoms with Crippen molar-refractivity contribution in [3.05, 3.63) is 48.3 Å². The molecule has 1 saturated heterocycles. The average molecular weight is 464 g/mol. The first-order chi connectivity index (χ1) is 14.8. The number of benzene rings is 2. The molecule has 31 heavy (non-hydrogen) atoms. The third-order valence-electron chi connectivity index (χ3n) is 5.26. The molecule has 4 rings (SSSR count). The van der Waals surface area contributed by atoms with Crippen LogP contribution in [0.2, 0.25) is 0 Å². The fraction of sp³-hybridized carbons (Fsp3) is 0.333. The molecular weight excluding hydrogens is 441 g/mol. The second-order valence-corrected chi connectivity index (χ2v) is 10.3. The minimum absolute atomic E-state index is 0.118. The quantitative estimate of drug-likeness (QED) is 0.678. The predicted octanol–water partition coefficient (Wildman–Crippen LogP) is 3.44. The molecule has 2 aromatic carbocycles. The zero-order valence-electron chi connectivity index (χ0n) is 16.6. The van der Waals surface area contributed by atoms with Gasteiger partial charge in [0.2, 0.25) is 11.8 Å². The number of sulfonamides is 1. The van der Waals surface area contributed by atoms with Crippen LogP contribution in [0.3, 0.4) is 0 Å². The van der Waals surface area contributed by atoms with Crippen molar-refractivity contribution >= 4 is 45.0 Å². The summed E-state index contributed by atoms with van der Waals surface area (Å²) in [6, 6.07) is 9.70. The molecule has 2 aromatic rings. The summed E-state index contributed by atoms with van der Waals surface area (Å²) in [4.78, 5) is 27.8. The smallest absolute Gasteiger partial charge is 0.262 e. The van der Waals surface area contributed by atoms with Crippen LogP contribution in [0.5, 0.6) is 0 Å². The Hall–Kier alpha value is -2.59. The standard InChI is InChI=1S/C21H22FN3O4S2/c22-15-7-3-4-8-16(15)24-31(28,29)14-9-10-18-17(13-14)23-20(26)19(30-18)21(27)25-11-5-1-2-6-12-25/h3-4,7-10,13,19,24H,1-2,5-6,11-12H2,(H,23,26)/t19-/m0/s1. The van der Waals surface area contributed by atoms with Gasteiger partial charge >= 0.3 is 0 Å². The van der Waals surface area contributed by atoms with Crippen LogP contribution < -0.4 is 10.0 Å². The van der Waals surface area contributed by atoms with E-state index in [0.29, 0.717) is 23.7 Å². The van der Waals surface area contributed by atoms with Crippen LogP contribution in [0.4, 0.5) is 15.8 Å². The molecule has 7 nitrogen and oxygen atoms in total. The molecule has 164 valence electrons. The lowest BCUT2D eigenvalue weighted by atomic mass is 10.2. The first-order valence-electron chi connectivity index (χ1n) is 10.0. The lowest BCUT2D eigenvalue weighted by Gasteiger charge is -2.28. The number of halogens is 1. The number of likely N-dealkylation sites (tertiary alicyclic amines) is 1. The maximum absolute atomic E-state index is 13.8. The first kappa shape index (κ1) is 21.6. The molecule has 0 saturated carbocycles. The van der Waals surface area contributed by atoms with Gasteiger partial charge < -0.3 is 10.2 Å². The second-order valence-electron chi connectivity index (χ2n) is 7.47. The maximum atomic E-state index is 13.8. The number of nitrogens with one attached hydrogen (secondary N) is 2. The third-order valence-corrected chi connectivity index (χ3v) is 7.89. The highest BCUT2D eigenvalue weighted by Crippen LogP contribution is 2.38. The van der Waals surface area contributed by atoms with Gasteiger partial charge in [0.15, 0.2) is 5.25 Å². The van der Waals surface area contributed by atoms with Crippen molar-refractivity contribution in [3.63, 3.8) is 0 Å². The van der Waals surface area contributed by atoms with E-state index in [9.17, 15) is 22.4 Å². The highest BCUT2D eigenvalue weighted by molar-refractivity contribution is 8.01.